The summed E-state index contributed by atoms with van der Waals surface area (Å²) in [6.07, 6.45) is 5.89. The molecule has 6 aromatic heterocycles. The molecule has 0 saturated heterocycles. The van der Waals surface area contributed by atoms with Crippen molar-refractivity contribution in [3.63, 3.8) is 0 Å². The number of anilines is 11. The van der Waals surface area contributed by atoms with Gasteiger partial charge in [-0.2, -0.15) is 28.8 Å². The Hall–Kier alpha value is -12.1. The number of hydrogen-bond donors (Lipinski definition) is 7. The maximum absolute atomic E-state index is 12.1. The minimum absolute atomic E-state index is 0.0984. The maximum atomic E-state index is 12.1. The number of nitrogens with one attached hydrogen (secondary N) is 6. The summed E-state index contributed by atoms with van der Waals surface area (Å²) in [7, 11) is 9.02. The summed E-state index contributed by atoms with van der Waals surface area (Å²) in [5.74, 6) is 8.86. The number of carbonyl (C=O) groups is 3. The van der Waals surface area contributed by atoms with E-state index in [2.05, 4.69) is 62.1 Å². The number of nitrogen functional groups attached to an aromatic ring is 1. The largest absolute Gasteiger partial charge is 0.497 e. The Morgan fingerprint density at radius 3 is 1.33 bits per heavy atom. The van der Waals surface area contributed by atoms with Crippen LogP contribution >= 0.6 is 11.6 Å². The number of nitrogens with zero attached hydrogens (tertiary/aromatic N) is 11. The normalized spacial score (nSPS) is 12.2. The summed E-state index contributed by atoms with van der Waals surface area (Å²) in [6.45, 7) is 9.86. The number of ether oxygens (including phenoxy) is 8. The predicted molar refractivity (Wildman–Crippen MR) is 384 cm³/mol. The van der Waals surface area contributed by atoms with Gasteiger partial charge in [-0.15, -0.1) is 0 Å². The third-order valence-electron chi connectivity index (χ3n) is 15.6. The van der Waals surface area contributed by atoms with Gasteiger partial charge in [-0.3, -0.25) is 14.4 Å². The topological polar surface area (TPSA) is 320 Å². The van der Waals surface area contributed by atoms with E-state index in [1.54, 1.807) is 86.3 Å². The molecule has 11 aromatic rings. The predicted octanol–water partition coefficient (Wildman–Crippen LogP) is 11.3. The van der Waals surface area contributed by atoms with Crippen molar-refractivity contribution in [1.82, 2.24) is 43.8 Å². The highest BCUT2D eigenvalue weighted by molar-refractivity contribution is 6.29. The van der Waals surface area contributed by atoms with E-state index in [1.165, 1.54) is 0 Å². The molecule has 3 amide bonds. The molecule has 0 saturated carbocycles. The molecule has 3 aliphatic rings. The summed E-state index contributed by atoms with van der Waals surface area (Å²) in [6, 6.07) is 38.1. The molecule has 0 spiro atoms. The van der Waals surface area contributed by atoms with E-state index in [0.29, 0.717) is 157 Å². The molecule has 14 rings (SSSR count). The molecular formula is C70H77ClN18O11. The highest BCUT2D eigenvalue weighted by atomic mass is 35.5. The van der Waals surface area contributed by atoms with Crippen LogP contribution in [-0.2, 0) is 27.5 Å². The molecule has 29 nitrogen and oxygen atoms in total. The summed E-state index contributed by atoms with van der Waals surface area (Å²) in [4.78, 5) is 53.4. The summed E-state index contributed by atoms with van der Waals surface area (Å²) in [5, 5.41) is 31.8. The van der Waals surface area contributed by atoms with Crippen molar-refractivity contribution in [3.05, 3.63) is 156 Å². The van der Waals surface area contributed by atoms with E-state index in [0.717, 1.165) is 57.2 Å². The molecule has 30 heteroatoms. The van der Waals surface area contributed by atoms with Gasteiger partial charge in [0.25, 0.3) is 0 Å². The van der Waals surface area contributed by atoms with Crippen LogP contribution in [0.15, 0.2) is 140 Å². The lowest BCUT2D eigenvalue weighted by molar-refractivity contribution is -0.116. The average molecular weight is 1380 g/mol. The van der Waals surface area contributed by atoms with Crippen molar-refractivity contribution in [2.75, 3.05) is 122 Å². The van der Waals surface area contributed by atoms with Crippen molar-refractivity contribution in [2.45, 2.75) is 53.1 Å². The van der Waals surface area contributed by atoms with E-state index < -0.39 is 0 Å². The van der Waals surface area contributed by atoms with Crippen LogP contribution in [0.5, 0.6) is 46.0 Å². The molecular weight excluding hydrogens is 1300 g/mol. The van der Waals surface area contributed by atoms with Crippen LogP contribution in [0.4, 0.5) is 63.2 Å². The van der Waals surface area contributed by atoms with Crippen molar-refractivity contribution < 1.29 is 52.3 Å². The van der Waals surface area contributed by atoms with Crippen LogP contribution in [0.1, 0.15) is 51.2 Å². The van der Waals surface area contributed by atoms with Crippen LogP contribution in [0, 0.1) is 0 Å². The van der Waals surface area contributed by atoms with E-state index >= 15 is 0 Å². The Kier molecular flexibility index (Phi) is 22.3. The first-order valence-corrected chi connectivity index (χ1v) is 32.5. The molecule has 0 bridgehead atoms. The highest BCUT2D eigenvalue weighted by Gasteiger charge is 2.23. The number of rotatable bonds is 19. The number of fused-ring (bicyclic) bond motifs is 6. The first kappa shape index (κ1) is 69.2. The highest BCUT2D eigenvalue weighted by Crippen LogP contribution is 2.41. The van der Waals surface area contributed by atoms with Gasteiger partial charge in [0.05, 0.1) is 49.9 Å². The van der Waals surface area contributed by atoms with Gasteiger partial charge in [-0.1, -0.05) is 74.8 Å². The van der Waals surface area contributed by atoms with Crippen LogP contribution < -0.4 is 85.3 Å². The van der Waals surface area contributed by atoms with Crippen molar-refractivity contribution in [3.8, 4) is 46.0 Å². The molecule has 0 aliphatic carbocycles. The lowest BCUT2D eigenvalue weighted by Gasteiger charge is -2.23. The molecule has 100 heavy (non-hydrogen) atoms. The quantitative estimate of drug-likeness (QED) is 0.0292. The molecule has 5 aromatic carbocycles. The van der Waals surface area contributed by atoms with E-state index in [-0.39, 0.29) is 17.7 Å². The van der Waals surface area contributed by atoms with Crippen LogP contribution in [-0.4, -0.2) is 137 Å². The molecule has 0 atom stereocenters. The van der Waals surface area contributed by atoms with E-state index in [9.17, 15) is 14.4 Å². The first-order valence-electron chi connectivity index (χ1n) is 32.2. The molecule has 520 valence electrons. The number of benzene rings is 5. The SMILES string of the molecule is CCC(=O)Nc1cnn2c(N(C)Cc3ccc(OC)cc3)cc(Cl)nc12.CCC(=O)Nc1cnn2c(N(C)Cc3ccc(OC)cc3)cc(Nc3cccc4c3OCCO4)nc12.CCC(=O)Nc1cnn2c(NC)cc(Nc3cccc4c3OCCO4)nc12.Nc1cccc2c1OCCO2. The molecule has 3 aliphatic heterocycles. The molecule has 8 N–H and O–H groups in total. The van der Waals surface area contributed by atoms with Gasteiger partial charge < -0.3 is 85.3 Å². The molecule has 0 unspecified atom stereocenters. The van der Waals surface area contributed by atoms with Crippen LogP contribution in [0.25, 0.3) is 16.9 Å². The molecule has 0 radical (unpaired) electrons. The second-order valence-electron chi connectivity index (χ2n) is 22.5. The van der Waals surface area contributed by atoms with Gasteiger partial charge in [-0.05, 0) is 71.8 Å². The molecule has 9 heterocycles. The second-order valence-corrected chi connectivity index (χ2v) is 22.9. The number of hydrogen-bond acceptors (Lipinski definition) is 23. The Labute approximate surface area is 580 Å². The van der Waals surface area contributed by atoms with Crippen LogP contribution in [0.2, 0.25) is 5.15 Å². The zero-order valence-corrected chi connectivity index (χ0v) is 57.2. The van der Waals surface area contributed by atoms with E-state index in [4.69, 9.17) is 60.2 Å². The van der Waals surface area contributed by atoms with Crippen molar-refractivity contribution in [1.29, 1.82) is 0 Å². The smallest absolute Gasteiger partial charge is 0.224 e. The van der Waals surface area contributed by atoms with Gasteiger partial charge >= 0.3 is 0 Å². The van der Waals surface area contributed by atoms with Crippen LogP contribution in [0.3, 0.4) is 0 Å². The minimum atomic E-state index is -0.110. The molecule has 0 fully saturated rings. The standard InChI is InChI=1S/C26H28N6O4.C18H20ClN5O2.C18H20N6O3.C8H9NO2/c1-4-23(33)29-20-15-27-32-24(31(2)16-17-8-10-18(34-3)11-9-17)14-22(30-26(20)32)28-19-6-5-7-21-25(19)36-13-12-35-21;1-4-16(25)21-14-10-20-24-17(9-15(19)22-18(14)24)23(2)11-12-5-7-13(26-3)8-6-12;1-3-16(25)22-12-10-20-24-15(19-2)9-14(23-18(12)24)21-11-5-4-6-13-17(11)27-8-7-26-13;9-6-2-1-3-7-8(6)11-5-4-10-7/h5-11,14-15H,4,12-13,16H2,1-3H3,(H,28,30)(H,29,33);5-10H,4,11H2,1-3H3,(H,21,25);4-6,9-10,19H,3,7-8H2,1-2H3,(H,21,23)(H,22,25);1-3H,4-5,9H2. The maximum Gasteiger partial charge on any atom is 0.224 e. The minimum Gasteiger partial charge on any atom is -0.497 e. The summed E-state index contributed by atoms with van der Waals surface area (Å²) < 4.78 is 49.0. The van der Waals surface area contributed by atoms with Crippen molar-refractivity contribution >= 4 is 109 Å². The van der Waals surface area contributed by atoms with Gasteiger partial charge in [0.1, 0.15) is 102 Å². The monoisotopic (exact) mass is 1380 g/mol. The zero-order chi connectivity index (χ0) is 70.2. The number of carbonyl (C=O) groups excluding carboxylic acids is 3. The Balaban J connectivity index is 0.000000142. The number of methoxy groups -OCH3 is 2. The van der Waals surface area contributed by atoms with Gasteiger partial charge in [0.15, 0.2) is 51.4 Å². The summed E-state index contributed by atoms with van der Waals surface area (Å²) in [5.41, 5.74) is 13.2. The number of halogens is 1. The second kappa shape index (κ2) is 32.3. The lowest BCUT2D eigenvalue weighted by atomic mass is 10.2. The lowest BCUT2D eigenvalue weighted by Crippen LogP contribution is -2.20. The van der Waals surface area contributed by atoms with Gasteiger partial charge in [0.2, 0.25) is 17.7 Å². The zero-order valence-electron chi connectivity index (χ0n) is 56.4. The number of aromatic nitrogens is 9. The van der Waals surface area contributed by atoms with Gasteiger partial charge in [-0.25, -0.2) is 15.0 Å². The first-order chi connectivity index (χ1) is 48.6. The van der Waals surface area contributed by atoms with Crippen molar-refractivity contribution in [2.24, 2.45) is 0 Å². The third kappa shape index (κ3) is 16.5. The van der Waals surface area contributed by atoms with E-state index in [1.807, 2.05) is 128 Å². The van der Waals surface area contributed by atoms with Gasteiger partial charge in [0, 0.05) is 71.7 Å². The Morgan fingerprint density at radius 1 is 0.500 bits per heavy atom. The third-order valence-corrected chi connectivity index (χ3v) is 15.8. The fourth-order valence-corrected chi connectivity index (χ4v) is 10.7. The number of nitrogens with two attached hydrogens (primary N) is 1. The number of amides is 3. The fraction of sp³-hybridized carbons (Fsp3) is 0.271. The Bertz CT molecular complexity index is 4680. The summed E-state index contributed by atoms with van der Waals surface area (Å²) >= 11 is 6.20. The fourth-order valence-electron chi connectivity index (χ4n) is 10.5. The average Bonchev–Trinajstić information content (AvgIpc) is 1.61. The Morgan fingerprint density at radius 2 is 0.890 bits per heavy atom. The number of para-hydroxylation sites is 3.